The average Bonchev–Trinajstić information content (AvgIpc) is 3.41. The van der Waals surface area contributed by atoms with Gasteiger partial charge in [0.2, 0.25) is 0 Å². The van der Waals surface area contributed by atoms with Crippen molar-refractivity contribution in [2.24, 2.45) is 0 Å². The molecule has 6 rings (SSSR count). The quantitative estimate of drug-likeness (QED) is 0.377. The lowest BCUT2D eigenvalue weighted by Crippen LogP contribution is -2.31. The van der Waals surface area contributed by atoms with Crippen molar-refractivity contribution in [1.82, 2.24) is 19.9 Å². The van der Waals surface area contributed by atoms with Gasteiger partial charge in [-0.1, -0.05) is 23.4 Å². The van der Waals surface area contributed by atoms with Crippen LogP contribution in [0.4, 0.5) is 10.2 Å². The fourth-order valence-corrected chi connectivity index (χ4v) is 4.63. The van der Waals surface area contributed by atoms with Gasteiger partial charge in [-0.25, -0.2) is 14.1 Å². The van der Waals surface area contributed by atoms with Crippen LogP contribution in [0.2, 0.25) is 0 Å². The standard InChI is InChI=1S/C26H22FN5O/c1-16-14-23(28-26-24(16)17(2)29-32(26)20-6-4-3-5-7-20)31-13-12-22-21(15-31)25(33-30-22)18-8-10-19(27)11-9-18/h3-11,14H,12-13,15H2,1-2H3. The number of benzene rings is 2. The van der Waals surface area contributed by atoms with Gasteiger partial charge in [0.15, 0.2) is 11.4 Å². The summed E-state index contributed by atoms with van der Waals surface area (Å²) in [7, 11) is 0. The fourth-order valence-electron chi connectivity index (χ4n) is 4.63. The lowest BCUT2D eigenvalue weighted by molar-refractivity contribution is 0.424. The summed E-state index contributed by atoms with van der Waals surface area (Å²) in [5.74, 6) is 1.32. The summed E-state index contributed by atoms with van der Waals surface area (Å²) in [6.45, 7) is 5.55. The molecule has 2 aromatic carbocycles. The predicted molar refractivity (Wildman–Crippen MR) is 125 cm³/mol. The zero-order chi connectivity index (χ0) is 22.5. The molecule has 0 unspecified atom stereocenters. The van der Waals surface area contributed by atoms with E-state index in [9.17, 15) is 4.39 Å². The second-order valence-corrected chi connectivity index (χ2v) is 8.44. The molecule has 7 heteroatoms. The molecule has 6 nitrogen and oxygen atoms in total. The number of aryl methyl sites for hydroxylation is 2. The van der Waals surface area contributed by atoms with E-state index in [-0.39, 0.29) is 5.82 Å². The molecule has 0 N–H and O–H groups in total. The molecule has 0 atom stereocenters. The Balaban J connectivity index is 1.42. The molecule has 0 radical (unpaired) electrons. The molecule has 164 valence electrons. The van der Waals surface area contributed by atoms with Crippen LogP contribution in [-0.4, -0.2) is 26.5 Å². The molecule has 3 aromatic heterocycles. The predicted octanol–water partition coefficient (Wildman–Crippen LogP) is 5.39. The van der Waals surface area contributed by atoms with E-state index >= 15 is 0 Å². The van der Waals surface area contributed by atoms with Gasteiger partial charge in [-0.15, -0.1) is 0 Å². The summed E-state index contributed by atoms with van der Waals surface area (Å²) in [5, 5.41) is 10.1. The molecule has 5 aromatic rings. The third kappa shape index (κ3) is 3.28. The van der Waals surface area contributed by atoms with Gasteiger partial charge in [0, 0.05) is 29.5 Å². The van der Waals surface area contributed by atoms with Crippen molar-refractivity contribution in [2.75, 3.05) is 11.4 Å². The van der Waals surface area contributed by atoms with Crippen LogP contribution in [0, 0.1) is 19.7 Å². The summed E-state index contributed by atoms with van der Waals surface area (Å²) < 4.78 is 21.0. The Hall–Kier alpha value is -4.00. The topological polar surface area (TPSA) is 60.0 Å². The van der Waals surface area contributed by atoms with Crippen LogP contribution in [0.5, 0.6) is 0 Å². The van der Waals surface area contributed by atoms with Gasteiger partial charge < -0.3 is 9.42 Å². The third-order valence-corrected chi connectivity index (χ3v) is 6.26. The fraction of sp³-hybridized carbons (Fsp3) is 0.192. The van der Waals surface area contributed by atoms with Gasteiger partial charge in [0.05, 0.1) is 23.6 Å². The second-order valence-electron chi connectivity index (χ2n) is 8.44. The van der Waals surface area contributed by atoms with Gasteiger partial charge in [0.1, 0.15) is 11.6 Å². The molecule has 0 saturated heterocycles. The summed E-state index contributed by atoms with van der Waals surface area (Å²) in [6, 6.07) is 18.5. The monoisotopic (exact) mass is 439 g/mol. The highest BCUT2D eigenvalue weighted by Gasteiger charge is 2.26. The number of anilines is 1. The maximum Gasteiger partial charge on any atom is 0.172 e. The lowest BCUT2D eigenvalue weighted by atomic mass is 10.0. The molecule has 33 heavy (non-hydrogen) atoms. The van der Waals surface area contributed by atoms with E-state index in [1.54, 1.807) is 12.1 Å². The number of rotatable bonds is 3. The molecule has 0 aliphatic carbocycles. The van der Waals surface area contributed by atoms with Crippen molar-refractivity contribution in [1.29, 1.82) is 0 Å². The number of pyridine rings is 1. The largest absolute Gasteiger partial charge is 0.356 e. The van der Waals surface area contributed by atoms with Crippen molar-refractivity contribution in [3.63, 3.8) is 0 Å². The molecular weight excluding hydrogens is 417 g/mol. The highest BCUT2D eigenvalue weighted by molar-refractivity contribution is 5.85. The lowest BCUT2D eigenvalue weighted by Gasteiger charge is -2.28. The van der Waals surface area contributed by atoms with E-state index < -0.39 is 0 Å². The Morgan fingerprint density at radius 1 is 1.00 bits per heavy atom. The van der Waals surface area contributed by atoms with Gasteiger partial charge >= 0.3 is 0 Å². The van der Waals surface area contributed by atoms with Crippen molar-refractivity contribution in [3.05, 3.63) is 89.0 Å². The molecule has 1 aliphatic heterocycles. The van der Waals surface area contributed by atoms with Gasteiger partial charge in [-0.3, -0.25) is 0 Å². The molecule has 0 spiro atoms. The summed E-state index contributed by atoms with van der Waals surface area (Å²) >= 11 is 0. The van der Waals surface area contributed by atoms with Crippen LogP contribution in [0.1, 0.15) is 22.5 Å². The zero-order valence-corrected chi connectivity index (χ0v) is 18.4. The highest BCUT2D eigenvalue weighted by Crippen LogP contribution is 2.34. The first-order valence-electron chi connectivity index (χ1n) is 11.0. The van der Waals surface area contributed by atoms with Crippen LogP contribution >= 0.6 is 0 Å². The van der Waals surface area contributed by atoms with Crippen LogP contribution in [0.3, 0.4) is 0 Å². The van der Waals surface area contributed by atoms with Crippen molar-refractivity contribution in [3.8, 4) is 17.0 Å². The number of nitrogens with zero attached hydrogens (tertiary/aromatic N) is 5. The number of hydrogen-bond acceptors (Lipinski definition) is 5. The first-order chi connectivity index (χ1) is 16.1. The molecule has 1 aliphatic rings. The number of hydrogen-bond donors (Lipinski definition) is 0. The molecule has 4 heterocycles. The molecule has 0 saturated carbocycles. The van der Waals surface area contributed by atoms with Crippen LogP contribution in [-0.2, 0) is 13.0 Å². The molecular formula is C26H22FN5O. The van der Waals surface area contributed by atoms with E-state index in [0.29, 0.717) is 12.3 Å². The first kappa shape index (κ1) is 19.7. The minimum atomic E-state index is -0.271. The van der Waals surface area contributed by atoms with Crippen LogP contribution in [0.15, 0.2) is 65.2 Å². The maximum atomic E-state index is 13.4. The van der Waals surface area contributed by atoms with Crippen LogP contribution in [0.25, 0.3) is 28.0 Å². The van der Waals surface area contributed by atoms with Crippen molar-refractivity contribution < 1.29 is 8.91 Å². The minimum Gasteiger partial charge on any atom is -0.356 e. The van der Waals surface area contributed by atoms with E-state index in [0.717, 1.165) is 63.6 Å². The van der Waals surface area contributed by atoms with Gasteiger partial charge in [-0.2, -0.15) is 5.10 Å². The summed E-state index contributed by atoms with van der Waals surface area (Å²) in [5.41, 5.74) is 6.74. The number of para-hydroxylation sites is 1. The van der Waals surface area contributed by atoms with E-state index in [4.69, 9.17) is 14.6 Å². The zero-order valence-electron chi connectivity index (χ0n) is 18.4. The summed E-state index contributed by atoms with van der Waals surface area (Å²) in [6.07, 6.45) is 0.760. The highest BCUT2D eigenvalue weighted by atomic mass is 19.1. The van der Waals surface area contributed by atoms with Crippen molar-refractivity contribution >= 4 is 16.9 Å². The SMILES string of the molecule is Cc1cc(N2CCc3noc(-c4ccc(F)cc4)c3C2)nc2c1c(C)nn2-c1ccccc1. The van der Waals surface area contributed by atoms with Gasteiger partial charge in [0.25, 0.3) is 0 Å². The van der Waals surface area contributed by atoms with E-state index in [1.165, 1.54) is 12.1 Å². The van der Waals surface area contributed by atoms with Gasteiger partial charge in [-0.05, 0) is 61.9 Å². The second kappa shape index (κ2) is 7.55. The number of halogens is 1. The Morgan fingerprint density at radius 3 is 2.58 bits per heavy atom. The normalized spacial score (nSPS) is 13.5. The van der Waals surface area contributed by atoms with E-state index in [2.05, 4.69) is 23.0 Å². The summed E-state index contributed by atoms with van der Waals surface area (Å²) in [4.78, 5) is 7.30. The number of fused-ring (bicyclic) bond motifs is 2. The molecule has 0 fully saturated rings. The Labute approximate surface area is 190 Å². The van der Waals surface area contributed by atoms with Crippen molar-refractivity contribution in [2.45, 2.75) is 26.8 Å². The Bertz CT molecular complexity index is 1470. The third-order valence-electron chi connectivity index (χ3n) is 6.26. The maximum absolute atomic E-state index is 13.4. The van der Waals surface area contributed by atoms with Crippen LogP contribution < -0.4 is 4.90 Å². The minimum absolute atomic E-state index is 0.271. The smallest absolute Gasteiger partial charge is 0.172 e. The van der Waals surface area contributed by atoms with E-state index in [1.807, 2.05) is 41.9 Å². The molecule has 0 bridgehead atoms. The average molecular weight is 439 g/mol. The number of aromatic nitrogens is 4. The first-order valence-corrected chi connectivity index (χ1v) is 11.0. The Morgan fingerprint density at radius 2 is 1.79 bits per heavy atom. The molecule has 0 amide bonds. The Kier molecular flexibility index (Phi) is 4.50.